The van der Waals surface area contributed by atoms with Crippen molar-refractivity contribution in [3.05, 3.63) is 41.6 Å². The smallest absolute Gasteiger partial charge is 0.263 e. The molecule has 0 spiro atoms. The lowest BCUT2D eigenvalue weighted by atomic mass is 10.2. The van der Waals surface area contributed by atoms with Gasteiger partial charge in [-0.25, -0.2) is 8.42 Å². The van der Waals surface area contributed by atoms with Crippen LogP contribution in [0, 0.1) is 0 Å². The van der Waals surface area contributed by atoms with Crippen molar-refractivity contribution in [2.45, 2.75) is 25.2 Å². The third-order valence-electron chi connectivity index (χ3n) is 2.80. The predicted molar refractivity (Wildman–Crippen MR) is 75.2 cm³/mol. The van der Waals surface area contributed by atoms with Gasteiger partial charge in [-0.2, -0.15) is 5.10 Å². The lowest BCUT2D eigenvalue weighted by Gasteiger charge is -2.06. The molecule has 1 aromatic heterocycles. The summed E-state index contributed by atoms with van der Waals surface area (Å²) in [6, 6.07) is 7.52. The van der Waals surface area contributed by atoms with Gasteiger partial charge in [-0.05, 0) is 25.5 Å². The second-order valence-corrected chi connectivity index (χ2v) is 6.00. The summed E-state index contributed by atoms with van der Waals surface area (Å²) in [6.45, 7) is 3.32. The van der Waals surface area contributed by atoms with E-state index in [9.17, 15) is 13.2 Å². The molecule has 0 fully saturated rings. The highest BCUT2D eigenvalue weighted by Gasteiger charge is 2.16. The molecular formula is C13H15N3O3S. The number of aromatic nitrogens is 2. The number of nitrogens with zero attached hydrogens (tertiary/aromatic N) is 1. The first-order chi connectivity index (χ1) is 9.42. The Labute approximate surface area is 117 Å². The van der Waals surface area contributed by atoms with Crippen LogP contribution in [0.25, 0.3) is 0 Å². The van der Waals surface area contributed by atoms with Crippen LogP contribution in [0.2, 0.25) is 0 Å². The van der Waals surface area contributed by atoms with Gasteiger partial charge in [-0.3, -0.25) is 14.6 Å². The molecule has 0 aliphatic heterocycles. The van der Waals surface area contributed by atoms with Crippen molar-refractivity contribution in [3.8, 4) is 0 Å². The molecular weight excluding hydrogens is 278 g/mol. The molecule has 2 rings (SSSR count). The van der Waals surface area contributed by atoms with Crippen molar-refractivity contribution in [2.24, 2.45) is 0 Å². The van der Waals surface area contributed by atoms with Gasteiger partial charge in [0.05, 0.1) is 4.90 Å². The van der Waals surface area contributed by atoms with Crippen molar-refractivity contribution in [1.82, 2.24) is 10.2 Å². The van der Waals surface area contributed by atoms with Crippen LogP contribution >= 0.6 is 0 Å². The highest BCUT2D eigenvalue weighted by molar-refractivity contribution is 7.92. The maximum absolute atomic E-state index is 12.2. The molecule has 0 saturated carbocycles. The van der Waals surface area contributed by atoms with Gasteiger partial charge in [0.1, 0.15) is 0 Å². The van der Waals surface area contributed by atoms with Gasteiger partial charge in [-0.1, -0.05) is 19.1 Å². The van der Waals surface area contributed by atoms with Crippen LogP contribution in [0.3, 0.4) is 0 Å². The summed E-state index contributed by atoms with van der Waals surface area (Å²) in [6.07, 6.45) is 0.731. The minimum absolute atomic E-state index is 0.0336. The summed E-state index contributed by atoms with van der Waals surface area (Å²) < 4.78 is 26.8. The Morgan fingerprint density at radius 3 is 2.70 bits per heavy atom. The lowest BCUT2D eigenvalue weighted by molar-refractivity contribution is 0.101. The minimum atomic E-state index is -3.75. The zero-order valence-electron chi connectivity index (χ0n) is 11.2. The molecule has 106 valence electrons. The number of anilines is 1. The number of benzene rings is 1. The van der Waals surface area contributed by atoms with Crippen molar-refractivity contribution in [2.75, 3.05) is 4.72 Å². The van der Waals surface area contributed by atoms with E-state index in [4.69, 9.17) is 0 Å². The first kappa shape index (κ1) is 14.3. The summed E-state index contributed by atoms with van der Waals surface area (Å²) in [5.41, 5.74) is 1.18. The summed E-state index contributed by atoms with van der Waals surface area (Å²) in [5.74, 6) is 0.0465. The standard InChI is InChI=1S/C13H15N3O3S/c1-3-11-8-13(15-14-11)16-20(18,19)12-6-4-5-10(7-12)9(2)17/h4-8H,3H2,1-2H3,(H2,14,15,16). The normalized spacial score (nSPS) is 11.3. The minimum Gasteiger partial charge on any atom is -0.295 e. The zero-order valence-corrected chi connectivity index (χ0v) is 12.0. The molecule has 0 radical (unpaired) electrons. The van der Waals surface area contributed by atoms with Gasteiger partial charge < -0.3 is 0 Å². The number of H-pyrrole nitrogens is 1. The van der Waals surface area contributed by atoms with Crippen molar-refractivity contribution >= 4 is 21.6 Å². The molecule has 7 heteroatoms. The van der Waals surface area contributed by atoms with Crippen molar-refractivity contribution < 1.29 is 13.2 Å². The Morgan fingerprint density at radius 1 is 1.35 bits per heavy atom. The number of aromatic amines is 1. The summed E-state index contributed by atoms with van der Waals surface area (Å²) in [4.78, 5) is 11.3. The lowest BCUT2D eigenvalue weighted by Crippen LogP contribution is -2.13. The van der Waals surface area contributed by atoms with E-state index in [-0.39, 0.29) is 16.5 Å². The number of carbonyl (C=O) groups is 1. The quantitative estimate of drug-likeness (QED) is 0.824. The molecule has 20 heavy (non-hydrogen) atoms. The van der Waals surface area contributed by atoms with Gasteiger partial charge >= 0.3 is 0 Å². The van der Waals surface area contributed by atoms with E-state index in [2.05, 4.69) is 14.9 Å². The Kier molecular flexibility index (Phi) is 3.89. The van der Waals surface area contributed by atoms with E-state index in [1.165, 1.54) is 25.1 Å². The molecule has 6 nitrogen and oxygen atoms in total. The van der Waals surface area contributed by atoms with Gasteiger partial charge in [0.2, 0.25) is 0 Å². The maximum atomic E-state index is 12.2. The van der Waals surface area contributed by atoms with Crippen molar-refractivity contribution in [3.63, 3.8) is 0 Å². The number of aryl methyl sites for hydroxylation is 1. The third kappa shape index (κ3) is 3.05. The number of rotatable bonds is 5. The third-order valence-corrected chi connectivity index (χ3v) is 4.15. The van der Waals surface area contributed by atoms with Gasteiger partial charge in [0.15, 0.2) is 11.6 Å². The molecule has 0 bridgehead atoms. The second kappa shape index (κ2) is 5.46. The number of carbonyl (C=O) groups excluding carboxylic acids is 1. The average molecular weight is 293 g/mol. The van der Waals surface area contributed by atoms with Gasteiger partial charge in [-0.15, -0.1) is 0 Å². The Hall–Kier alpha value is -2.15. The molecule has 0 aliphatic carbocycles. The molecule has 0 amide bonds. The molecule has 0 aliphatic rings. The van der Waals surface area contributed by atoms with E-state index in [1.807, 2.05) is 6.92 Å². The first-order valence-corrected chi connectivity index (χ1v) is 7.59. The highest BCUT2D eigenvalue weighted by atomic mass is 32.2. The Morgan fingerprint density at radius 2 is 2.10 bits per heavy atom. The topological polar surface area (TPSA) is 91.9 Å². The molecule has 0 unspecified atom stereocenters. The maximum Gasteiger partial charge on any atom is 0.263 e. The fraction of sp³-hybridized carbons (Fsp3) is 0.231. The summed E-state index contributed by atoms with van der Waals surface area (Å²) in [5, 5.41) is 6.60. The van der Waals surface area contributed by atoms with Crippen LogP contribution < -0.4 is 4.72 Å². The molecule has 0 saturated heterocycles. The second-order valence-electron chi connectivity index (χ2n) is 4.32. The molecule has 0 atom stereocenters. The van der Waals surface area contributed by atoms with Crippen LogP contribution in [0.1, 0.15) is 29.9 Å². The fourth-order valence-corrected chi connectivity index (χ4v) is 2.71. The van der Waals surface area contributed by atoms with E-state index in [0.29, 0.717) is 5.56 Å². The SMILES string of the molecule is CCc1cc(NS(=O)(=O)c2cccc(C(C)=O)c2)n[nH]1. The van der Waals surface area contributed by atoms with E-state index >= 15 is 0 Å². The van der Waals surface area contributed by atoms with Gasteiger partial charge in [0.25, 0.3) is 10.0 Å². The number of Topliss-reactive ketones (excluding diaryl/α,β-unsaturated/α-hetero) is 1. The number of ketones is 1. The molecule has 1 heterocycles. The van der Waals surface area contributed by atoms with E-state index < -0.39 is 10.0 Å². The van der Waals surface area contributed by atoms with Gasteiger partial charge in [0, 0.05) is 17.3 Å². The van der Waals surface area contributed by atoms with E-state index in [0.717, 1.165) is 12.1 Å². The number of nitrogens with one attached hydrogen (secondary N) is 2. The summed E-state index contributed by atoms with van der Waals surface area (Å²) >= 11 is 0. The Balaban J connectivity index is 2.30. The average Bonchev–Trinajstić information content (AvgIpc) is 2.86. The predicted octanol–water partition coefficient (Wildman–Crippen LogP) is 1.98. The number of hydrogen-bond donors (Lipinski definition) is 2. The molecule has 2 N–H and O–H groups in total. The number of hydrogen-bond acceptors (Lipinski definition) is 4. The van der Waals surface area contributed by atoms with Crippen LogP contribution in [-0.4, -0.2) is 24.4 Å². The largest absolute Gasteiger partial charge is 0.295 e. The highest BCUT2D eigenvalue weighted by Crippen LogP contribution is 2.16. The monoisotopic (exact) mass is 293 g/mol. The first-order valence-electron chi connectivity index (χ1n) is 6.10. The Bertz CT molecular complexity index is 735. The van der Waals surface area contributed by atoms with Crippen molar-refractivity contribution in [1.29, 1.82) is 0 Å². The van der Waals surface area contributed by atoms with Crippen LogP contribution in [0.5, 0.6) is 0 Å². The fourth-order valence-electron chi connectivity index (χ4n) is 1.67. The number of sulfonamides is 1. The molecule has 2 aromatic rings. The molecule has 1 aromatic carbocycles. The van der Waals surface area contributed by atoms with Crippen LogP contribution in [-0.2, 0) is 16.4 Å². The summed E-state index contributed by atoms with van der Waals surface area (Å²) in [7, 11) is -3.75. The zero-order chi connectivity index (χ0) is 14.8. The van der Waals surface area contributed by atoms with E-state index in [1.54, 1.807) is 12.1 Å². The van der Waals surface area contributed by atoms with Crippen LogP contribution in [0.4, 0.5) is 5.82 Å². The van der Waals surface area contributed by atoms with Crippen LogP contribution in [0.15, 0.2) is 35.2 Å².